The Hall–Kier alpha value is -0.970. The van der Waals surface area contributed by atoms with Gasteiger partial charge in [0.15, 0.2) is 0 Å². The lowest BCUT2D eigenvalue weighted by Crippen LogP contribution is -2.29. The average Bonchev–Trinajstić information content (AvgIpc) is 2.44. The quantitative estimate of drug-likeness (QED) is 0.558. The van der Waals surface area contributed by atoms with Crippen molar-refractivity contribution < 1.29 is 9.29 Å². The second-order valence-corrected chi connectivity index (χ2v) is 6.20. The summed E-state index contributed by atoms with van der Waals surface area (Å²) in [4.78, 5) is 0. The molecule has 0 aromatic heterocycles. The van der Waals surface area contributed by atoms with Crippen molar-refractivity contribution in [1.29, 1.82) is 0 Å². The van der Waals surface area contributed by atoms with Crippen molar-refractivity contribution in [3.8, 4) is 5.75 Å². The largest absolute Gasteiger partial charge is 0.598 e. The molecule has 112 valence electrons. The molecule has 3 nitrogen and oxygen atoms in total. The topological polar surface area (TPSA) is 44.3 Å². The zero-order valence-electron chi connectivity index (χ0n) is 12.6. The minimum atomic E-state index is -0.975. The Morgan fingerprint density at radius 1 is 1.50 bits per heavy atom. The summed E-state index contributed by atoms with van der Waals surface area (Å²) >= 11 is -0.975. The van der Waals surface area contributed by atoms with Gasteiger partial charge in [-0.1, -0.05) is 38.1 Å². The van der Waals surface area contributed by atoms with Gasteiger partial charge in [-0.25, -0.2) is 0 Å². The predicted molar refractivity (Wildman–Crippen MR) is 86.3 cm³/mol. The zero-order chi connectivity index (χ0) is 15.0. The molecule has 0 radical (unpaired) electrons. The van der Waals surface area contributed by atoms with Crippen molar-refractivity contribution in [2.75, 3.05) is 12.4 Å². The van der Waals surface area contributed by atoms with Gasteiger partial charge in [0.1, 0.15) is 18.1 Å². The Balaban J connectivity index is 2.67. The van der Waals surface area contributed by atoms with Gasteiger partial charge in [-0.15, -0.1) is 4.72 Å². The van der Waals surface area contributed by atoms with Crippen molar-refractivity contribution >= 4 is 11.4 Å². The van der Waals surface area contributed by atoms with Gasteiger partial charge < -0.3 is 9.29 Å². The summed E-state index contributed by atoms with van der Waals surface area (Å²) in [6.45, 7) is 10.3. The van der Waals surface area contributed by atoms with Crippen LogP contribution in [0.1, 0.15) is 43.9 Å². The van der Waals surface area contributed by atoms with E-state index in [1.54, 1.807) is 6.08 Å². The van der Waals surface area contributed by atoms with E-state index in [1.807, 2.05) is 32.0 Å². The van der Waals surface area contributed by atoms with Crippen molar-refractivity contribution in [3.05, 3.63) is 42.0 Å². The van der Waals surface area contributed by atoms with Crippen LogP contribution in [0.25, 0.3) is 0 Å². The second-order valence-electron chi connectivity index (χ2n) is 4.87. The molecule has 4 heteroatoms. The number of hydrogen-bond donors (Lipinski definition) is 1. The maximum atomic E-state index is 11.9. The molecule has 1 N–H and O–H groups in total. The first-order chi connectivity index (χ1) is 9.58. The third-order valence-corrected chi connectivity index (χ3v) is 4.34. The van der Waals surface area contributed by atoms with Crippen LogP contribution in [-0.2, 0) is 11.4 Å². The lowest BCUT2D eigenvalue weighted by molar-refractivity contribution is 0.360. The highest BCUT2D eigenvalue weighted by atomic mass is 32.2. The van der Waals surface area contributed by atoms with Crippen LogP contribution in [0, 0.1) is 6.92 Å². The fourth-order valence-corrected chi connectivity index (χ4v) is 2.99. The fourth-order valence-electron chi connectivity index (χ4n) is 1.79. The van der Waals surface area contributed by atoms with E-state index in [-0.39, 0.29) is 6.04 Å². The van der Waals surface area contributed by atoms with Gasteiger partial charge in [0, 0.05) is 11.4 Å². The van der Waals surface area contributed by atoms with Gasteiger partial charge in [-0.2, -0.15) is 0 Å². The summed E-state index contributed by atoms with van der Waals surface area (Å²) in [6, 6.07) is 6.12. The van der Waals surface area contributed by atoms with Crippen molar-refractivity contribution in [2.45, 2.75) is 39.7 Å². The standard InChI is InChI=1S/C16H25NO2S/c1-5-7-11-20(18)17-14(4)15-9-8-13(3)16(12-15)19-10-6-2/h6,8-9,12,14,17H,2,5,7,10-11H2,1,3-4H3/t14-,20-/m0/s1. The summed E-state index contributed by atoms with van der Waals surface area (Å²) in [5.74, 6) is 1.56. The molecule has 0 unspecified atom stereocenters. The molecule has 1 rings (SSSR count). The number of nitrogens with one attached hydrogen (secondary N) is 1. The van der Waals surface area contributed by atoms with Gasteiger partial charge in [0.05, 0.1) is 6.04 Å². The van der Waals surface area contributed by atoms with E-state index < -0.39 is 11.4 Å². The molecule has 0 bridgehead atoms. The molecule has 0 heterocycles. The van der Waals surface area contributed by atoms with Crippen LogP contribution in [0.4, 0.5) is 0 Å². The zero-order valence-corrected chi connectivity index (χ0v) is 13.5. The number of aryl methyl sites for hydroxylation is 1. The van der Waals surface area contributed by atoms with Crippen LogP contribution < -0.4 is 9.46 Å². The van der Waals surface area contributed by atoms with Crippen LogP contribution in [0.2, 0.25) is 0 Å². The highest BCUT2D eigenvalue weighted by molar-refractivity contribution is 7.89. The Morgan fingerprint density at radius 2 is 2.25 bits per heavy atom. The number of unbranched alkanes of at least 4 members (excludes halogenated alkanes) is 1. The van der Waals surface area contributed by atoms with Gasteiger partial charge >= 0.3 is 0 Å². The van der Waals surface area contributed by atoms with E-state index in [2.05, 4.69) is 18.2 Å². The van der Waals surface area contributed by atoms with Gasteiger partial charge in [0.25, 0.3) is 0 Å². The van der Waals surface area contributed by atoms with Crippen LogP contribution in [-0.4, -0.2) is 16.9 Å². The molecule has 1 aromatic rings. The summed E-state index contributed by atoms with van der Waals surface area (Å²) in [5.41, 5.74) is 2.18. The molecule has 0 aliphatic rings. The normalized spacial score (nSPS) is 13.8. The Morgan fingerprint density at radius 3 is 2.90 bits per heavy atom. The lowest BCUT2D eigenvalue weighted by Gasteiger charge is -2.18. The Kier molecular flexibility index (Phi) is 7.73. The summed E-state index contributed by atoms with van der Waals surface area (Å²) < 4.78 is 20.6. The minimum absolute atomic E-state index is 0.0411. The van der Waals surface area contributed by atoms with E-state index in [4.69, 9.17) is 4.74 Å². The van der Waals surface area contributed by atoms with Crippen LogP contribution >= 0.6 is 0 Å². The molecule has 0 fully saturated rings. The van der Waals surface area contributed by atoms with Gasteiger partial charge in [-0.3, -0.25) is 0 Å². The van der Waals surface area contributed by atoms with E-state index in [0.29, 0.717) is 12.4 Å². The first kappa shape index (κ1) is 17.1. The number of rotatable bonds is 9. The van der Waals surface area contributed by atoms with Crippen molar-refractivity contribution in [2.24, 2.45) is 0 Å². The molecular formula is C16H25NO2S. The third-order valence-electron chi connectivity index (χ3n) is 3.06. The molecule has 0 spiro atoms. The number of hydrogen-bond acceptors (Lipinski definition) is 3. The summed E-state index contributed by atoms with van der Waals surface area (Å²) in [5, 5.41) is 0. The second kappa shape index (κ2) is 9.06. The molecule has 1 aromatic carbocycles. The predicted octanol–water partition coefficient (Wildman–Crippen LogP) is 3.67. The van der Waals surface area contributed by atoms with Gasteiger partial charge in [0.2, 0.25) is 0 Å². The first-order valence-electron chi connectivity index (χ1n) is 7.07. The molecule has 2 atom stereocenters. The molecule has 0 aliphatic heterocycles. The fraction of sp³-hybridized carbons (Fsp3) is 0.500. The number of benzene rings is 1. The first-order valence-corrected chi connectivity index (χ1v) is 8.39. The molecule has 0 saturated heterocycles. The Bertz CT molecular complexity index is 423. The van der Waals surface area contributed by atoms with E-state index in [1.165, 1.54) is 0 Å². The lowest BCUT2D eigenvalue weighted by atomic mass is 10.1. The molecule has 0 amide bonds. The van der Waals surface area contributed by atoms with E-state index in [0.717, 1.165) is 29.7 Å². The van der Waals surface area contributed by atoms with E-state index in [9.17, 15) is 4.55 Å². The number of ether oxygens (including phenoxy) is 1. The SMILES string of the molecule is C=CCOc1cc([C@H](C)N[S@@+]([O-])CCCC)ccc1C. The smallest absolute Gasteiger partial charge is 0.125 e. The Labute approximate surface area is 125 Å². The summed E-state index contributed by atoms with van der Waals surface area (Å²) in [6.07, 6.45) is 3.77. The maximum Gasteiger partial charge on any atom is 0.125 e. The molecular weight excluding hydrogens is 270 g/mol. The monoisotopic (exact) mass is 295 g/mol. The molecule has 0 aliphatic carbocycles. The molecule has 0 saturated carbocycles. The summed E-state index contributed by atoms with van der Waals surface area (Å²) in [7, 11) is 0. The molecule has 20 heavy (non-hydrogen) atoms. The van der Waals surface area contributed by atoms with Crippen LogP contribution in [0.15, 0.2) is 30.9 Å². The average molecular weight is 295 g/mol. The third kappa shape index (κ3) is 5.57. The van der Waals surface area contributed by atoms with Crippen LogP contribution in [0.5, 0.6) is 5.75 Å². The van der Waals surface area contributed by atoms with Crippen molar-refractivity contribution in [1.82, 2.24) is 4.72 Å². The van der Waals surface area contributed by atoms with Crippen LogP contribution in [0.3, 0.4) is 0 Å². The highest BCUT2D eigenvalue weighted by Gasteiger charge is 2.14. The van der Waals surface area contributed by atoms with E-state index >= 15 is 0 Å². The minimum Gasteiger partial charge on any atom is -0.598 e. The maximum absolute atomic E-state index is 11.9. The highest BCUT2D eigenvalue weighted by Crippen LogP contribution is 2.24. The van der Waals surface area contributed by atoms with Crippen molar-refractivity contribution in [3.63, 3.8) is 0 Å². The van der Waals surface area contributed by atoms with Gasteiger partial charge in [-0.05, 0) is 37.5 Å².